The molecule has 100 valence electrons. The van der Waals surface area contributed by atoms with E-state index in [0.717, 1.165) is 5.76 Å². The number of rotatable bonds is 3. The molecule has 2 aliphatic rings. The van der Waals surface area contributed by atoms with Gasteiger partial charge in [-0.15, -0.1) is 0 Å². The molecule has 0 saturated carbocycles. The molecule has 1 saturated heterocycles. The van der Waals surface area contributed by atoms with Crippen LogP contribution in [0, 0.1) is 11.8 Å². The van der Waals surface area contributed by atoms with Gasteiger partial charge in [0.1, 0.15) is 5.92 Å². The SMILES string of the molecule is COC1C=C(O[Si](C)(C)C)C[C@@H]2C(=O)OC(=O)[C@H]12. The fourth-order valence-corrected chi connectivity index (χ4v) is 3.32. The Morgan fingerprint density at radius 1 is 1.28 bits per heavy atom. The van der Waals surface area contributed by atoms with Crippen LogP contribution in [-0.2, 0) is 23.5 Å². The number of allylic oxidation sites excluding steroid dienone is 1. The fourth-order valence-electron chi connectivity index (χ4n) is 2.38. The summed E-state index contributed by atoms with van der Waals surface area (Å²) in [5, 5.41) is 0. The Balaban J connectivity index is 2.24. The lowest BCUT2D eigenvalue weighted by Gasteiger charge is -2.30. The van der Waals surface area contributed by atoms with Crippen molar-refractivity contribution in [3.05, 3.63) is 11.8 Å². The second kappa shape index (κ2) is 4.51. The summed E-state index contributed by atoms with van der Waals surface area (Å²) >= 11 is 0. The van der Waals surface area contributed by atoms with Gasteiger partial charge in [-0.1, -0.05) is 0 Å². The predicted molar refractivity (Wildman–Crippen MR) is 66.0 cm³/mol. The van der Waals surface area contributed by atoms with Crippen molar-refractivity contribution < 1.29 is 23.5 Å². The first-order valence-electron chi connectivity index (χ1n) is 6.00. The summed E-state index contributed by atoms with van der Waals surface area (Å²) in [7, 11) is -0.211. The summed E-state index contributed by atoms with van der Waals surface area (Å²) in [6, 6.07) is 0. The highest BCUT2D eigenvalue weighted by Gasteiger charge is 2.51. The summed E-state index contributed by atoms with van der Waals surface area (Å²) < 4.78 is 15.9. The molecule has 1 unspecified atom stereocenters. The minimum atomic E-state index is -1.73. The highest BCUT2D eigenvalue weighted by Crippen LogP contribution is 2.38. The molecule has 1 aliphatic carbocycles. The number of hydrogen-bond acceptors (Lipinski definition) is 5. The summed E-state index contributed by atoms with van der Waals surface area (Å²) in [4.78, 5) is 23.2. The molecule has 0 amide bonds. The van der Waals surface area contributed by atoms with Gasteiger partial charge in [-0.05, 0) is 25.7 Å². The molecule has 0 aromatic carbocycles. The van der Waals surface area contributed by atoms with Gasteiger partial charge in [0, 0.05) is 13.5 Å². The number of esters is 2. The van der Waals surface area contributed by atoms with Crippen molar-refractivity contribution in [1.82, 2.24) is 0 Å². The highest BCUT2D eigenvalue weighted by atomic mass is 28.4. The topological polar surface area (TPSA) is 61.8 Å². The monoisotopic (exact) mass is 270 g/mol. The van der Waals surface area contributed by atoms with Crippen LogP contribution in [0.5, 0.6) is 0 Å². The van der Waals surface area contributed by atoms with E-state index >= 15 is 0 Å². The fraction of sp³-hybridized carbons (Fsp3) is 0.667. The summed E-state index contributed by atoms with van der Waals surface area (Å²) in [5.74, 6) is -1.18. The predicted octanol–water partition coefficient (Wildman–Crippen LogP) is 1.46. The third kappa shape index (κ3) is 2.49. The van der Waals surface area contributed by atoms with Crippen LogP contribution in [0.15, 0.2) is 11.8 Å². The normalized spacial score (nSPS) is 31.8. The van der Waals surface area contributed by atoms with Crippen molar-refractivity contribution in [3.63, 3.8) is 0 Å². The van der Waals surface area contributed by atoms with E-state index < -0.39 is 38.2 Å². The van der Waals surface area contributed by atoms with Crippen molar-refractivity contribution in [2.24, 2.45) is 11.8 Å². The molecule has 3 atom stereocenters. The maximum absolute atomic E-state index is 11.6. The lowest BCUT2D eigenvalue weighted by atomic mass is 9.82. The van der Waals surface area contributed by atoms with Crippen LogP contribution in [0.3, 0.4) is 0 Å². The van der Waals surface area contributed by atoms with Crippen LogP contribution in [0.2, 0.25) is 19.6 Å². The van der Waals surface area contributed by atoms with Gasteiger partial charge in [-0.25, -0.2) is 0 Å². The summed E-state index contributed by atoms with van der Waals surface area (Å²) in [6.45, 7) is 6.21. The third-order valence-corrected chi connectivity index (χ3v) is 3.92. The molecular formula is C12H18O5Si. The van der Waals surface area contributed by atoms with E-state index in [1.807, 2.05) is 0 Å². The van der Waals surface area contributed by atoms with Crippen LogP contribution in [0.1, 0.15) is 6.42 Å². The molecule has 1 heterocycles. The van der Waals surface area contributed by atoms with Crippen LogP contribution in [0.4, 0.5) is 0 Å². The Labute approximate surface area is 107 Å². The first-order chi connectivity index (χ1) is 8.31. The van der Waals surface area contributed by atoms with E-state index in [1.54, 1.807) is 6.08 Å². The number of methoxy groups -OCH3 is 1. The molecular weight excluding hydrogens is 252 g/mol. The van der Waals surface area contributed by atoms with Gasteiger partial charge in [-0.3, -0.25) is 9.59 Å². The van der Waals surface area contributed by atoms with Crippen molar-refractivity contribution in [2.45, 2.75) is 32.2 Å². The van der Waals surface area contributed by atoms with Crippen LogP contribution in [0.25, 0.3) is 0 Å². The van der Waals surface area contributed by atoms with Gasteiger partial charge in [0.25, 0.3) is 0 Å². The van der Waals surface area contributed by atoms with Gasteiger partial charge in [0.15, 0.2) is 0 Å². The zero-order chi connectivity index (χ0) is 13.5. The lowest BCUT2D eigenvalue weighted by Crippen LogP contribution is -2.37. The van der Waals surface area contributed by atoms with Crippen molar-refractivity contribution in [2.75, 3.05) is 7.11 Å². The van der Waals surface area contributed by atoms with Crippen molar-refractivity contribution in [3.8, 4) is 0 Å². The Hall–Kier alpha value is -1.14. The molecule has 0 aromatic heterocycles. The number of fused-ring (bicyclic) bond motifs is 1. The Morgan fingerprint density at radius 2 is 1.94 bits per heavy atom. The summed E-state index contributed by atoms with van der Waals surface area (Å²) in [5.41, 5.74) is 0. The van der Waals surface area contributed by atoms with Gasteiger partial charge in [-0.2, -0.15) is 0 Å². The zero-order valence-corrected chi connectivity index (χ0v) is 12.1. The van der Waals surface area contributed by atoms with E-state index in [1.165, 1.54) is 7.11 Å². The van der Waals surface area contributed by atoms with E-state index in [0.29, 0.717) is 6.42 Å². The van der Waals surface area contributed by atoms with Crippen LogP contribution < -0.4 is 0 Å². The number of carbonyl (C=O) groups is 2. The van der Waals surface area contributed by atoms with E-state index in [9.17, 15) is 9.59 Å². The molecule has 6 heteroatoms. The molecule has 5 nitrogen and oxygen atoms in total. The maximum Gasteiger partial charge on any atom is 0.320 e. The number of carbonyl (C=O) groups excluding carboxylic acids is 2. The maximum atomic E-state index is 11.6. The average Bonchev–Trinajstić information content (AvgIpc) is 2.51. The number of hydrogen-bond donors (Lipinski definition) is 0. The van der Waals surface area contributed by atoms with E-state index in [4.69, 9.17) is 9.16 Å². The average molecular weight is 270 g/mol. The van der Waals surface area contributed by atoms with Crippen LogP contribution >= 0.6 is 0 Å². The molecule has 18 heavy (non-hydrogen) atoms. The number of ether oxygens (including phenoxy) is 2. The molecule has 0 aromatic rings. The first-order valence-corrected chi connectivity index (χ1v) is 9.40. The summed E-state index contributed by atoms with van der Waals surface area (Å²) in [6.07, 6.45) is 1.80. The second-order valence-corrected chi connectivity index (χ2v) is 10.1. The van der Waals surface area contributed by atoms with Gasteiger partial charge < -0.3 is 13.9 Å². The smallest absolute Gasteiger partial charge is 0.320 e. The minimum absolute atomic E-state index is 0.430. The quantitative estimate of drug-likeness (QED) is 0.441. The molecule has 1 fully saturated rings. The Bertz CT molecular complexity index is 409. The molecule has 0 bridgehead atoms. The second-order valence-electron chi connectivity index (χ2n) is 5.62. The third-order valence-electron chi connectivity index (χ3n) is 3.04. The van der Waals surface area contributed by atoms with Crippen LogP contribution in [-0.4, -0.2) is 33.5 Å². The van der Waals surface area contributed by atoms with Gasteiger partial charge in [0.05, 0.1) is 17.8 Å². The molecule has 0 N–H and O–H groups in total. The van der Waals surface area contributed by atoms with Gasteiger partial charge >= 0.3 is 11.9 Å². The highest BCUT2D eigenvalue weighted by molar-refractivity contribution is 6.70. The number of cyclic esters (lactones) is 2. The minimum Gasteiger partial charge on any atom is -0.547 e. The molecule has 0 radical (unpaired) electrons. The van der Waals surface area contributed by atoms with E-state index in [-0.39, 0.29) is 0 Å². The molecule has 2 rings (SSSR count). The van der Waals surface area contributed by atoms with Crippen molar-refractivity contribution in [1.29, 1.82) is 0 Å². The zero-order valence-electron chi connectivity index (χ0n) is 11.1. The first kappa shape index (κ1) is 13.3. The van der Waals surface area contributed by atoms with Gasteiger partial charge in [0.2, 0.25) is 8.32 Å². The van der Waals surface area contributed by atoms with Crippen molar-refractivity contribution >= 4 is 20.3 Å². The van der Waals surface area contributed by atoms with E-state index in [2.05, 4.69) is 24.4 Å². The Morgan fingerprint density at radius 3 is 2.50 bits per heavy atom. The Kier molecular flexibility index (Phi) is 3.33. The largest absolute Gasteiger partial charge is 0.547 e. The molecule has 1 aliphatic heterocycles. The standard InChI is InChI=1S/C12H18O5Si/c1-15-9-6-7(17-18(2,3)4)5-8-10(9)12(14)16-11(8)13/h6,8-10H,5H2,1-4H3/t8-,9?,10-/m0/s1. The lowest BCUT2D eigenvalue weighted by molar-refractivity contribution is -0.154. The molecule has 0 spiro atoms.